The number of thiazole rings is 1. The molecule has 37 heavy (non-hydrogen) atoms. The summed E-state index contributed by atoms with van der Waals surface area (Å²) in [6.07, 6.45) is 4.22. The van der Waals surface area contributed by atoms with Crippen molar-refractivity contribution in [3.63, 3.8) is 0 Å². The van der Waals surface area contributed by atoms with Gasteiger partial charge in [-0.3, -0.25) is 9.36 Å². The van der Waals surface area contributed by atoms with Crippen LogP contribution in [0.2, 0.25) is 0 Å². The lowest BCUT2D eigenvalue weighted by Gasteiger charge is -2.23. The Morgan fingerprint density at radius 1 is 1.03 bits per heavy atom. The van der Waals surface area contributed by atoms with Crippen molar-refractivity contribution in [1.29, 1.82) is 0 Å². The monoisotopic (exact) mass is 522 g/mol. The first kappa shape index (κ1) is 26.2. The standard InChI is InChI=1S/C28H30N2O6S/c1-5-14-36-20-11-8-18(9-12-20)15-24-26(31)30-25(21(27(32)33-4)17-29-28(30)37-24)19-10-13-22(34-6-2)23(16-19)35-7-3/h8-13,15-17,25H,5-7,14H2,1-4H3/b24-15-/t25-/m1/s1. The van der Waals surface area contributed by atoms with E-state index in [0.717, 1.165) is 17.7 Å². The van der Waals surface area contributed by atoms with E-state index < -0.39 is 12.0 Å². The molecule has 2 heterocycles. The summed E-state index contributed by atoms with van der Waals surface area (Å²) in [5.74, 6) is 1.35. The maximum atomic E-state index is 13.7. The number of fused-ring (bicyclic) bond motifs is 1. The van der Waals surface area contributed by atoms with E-state index in [2.05, 4.69) is 11.9 Å². The molecule has 1 aromatic heterocycles. The van der Waals surface area contributed by atoms with Gasteiger partial charge in [0.1, 0.15) is 5.75 Å². The average molecular weight is 523 g/mol. The topological polar surface area (TPSA) is 88.3 Å². The number of esters is 1. The third kappa shape index (κ3) is 5.61. The molecule has 0 N–H and O–H groups in total. The second kappa shape index (κ2) is 11.9. The Labute approximate surface area is 219 Å². The first-order valence-electron chi connectivity index (χ1n) is 12.2. The molecule has 0 fully saturated rings. The molecular formula is C28H30N2O6S. The van der Waals surface area contributed by atoms with Gasteiger partial charge in [0.05, 0.1) is 43.1 Å². The fourth-order valence-corrected chi connectivity index (χ4v) is 4.99. The Bertz CT molecular complexity index is 1470. The van der Waals surface area contributed by atoms with Gasteiger partial charge in [0.25, 0.3) is 5.56 Å². The van der Waals surface area contributed by atoms with Crippen molar-refractivity contribution in [1.82, 2.24) is 4.57 Å². The highest BCUT2D eigenvalue weighted by Gasteiger charge is 2.31. The Morgan fingerprint density at radius 2 is 1.76 bits per heavy atom. The third-order valence-corrected chi connectivity index (χ3v) is 6.66. The van der Waals surface area contributed by atoms with Crippen LogP contribution in [0.4, 0.5) is 0 Å². The van der Waals surface area contributed by atoms with Crippen LogP contribution >= 0.6 is 11.3 Å². The zero-order valence-electron chi connectivity index (χ0n) is 21.4. The second-order valence-electron chi connectivity index (χ2n) is 8.17. The summed E-state index contributed by atoms with van der Waals surface area (Å²) in [4.78, 5) is 31.3. The van der Waals surface area contributed by atoms with Crippen molar-refractivity contribution >= 4 is 23.4 Å². The number of carbonyl (C=O) groups excluding carboxylic acids is 1. The van der Waals surface area contributed by atoms with Gasteiger partial charge in [-0.1, -0.05) is 36.5 Å². The van der Waals surface area contributed by atoms with Crippen LogP contribution in [0.1, 0.15) is 44.4 Å². The van der Waals surface area contributed by atoms with Gasteiger partial charge in [-0.05, 0) is 61.7 Å². The molecule has 9 heteroatoms. The van der Waals surface area contributed by atoms with Crippen LogP contribution in [-0.4, -0.2) is 37.5 Å². The van der Waals surface area contributed by atoms with Gasteiger partial charge in [-0.25, -0.2) is 9.79 Å². The molecule has 0 spiro atoms. The number of ether oxygens (including phenoxy) is 4. The maximum Gasteiger partial charge on any atom is 0.337 e. The summed E-state index contributed by atoms with van der Waals surface area (Å²) >= 11 is 1.26. The van der Waals surface area contributed by atoms with Crippen molar-refractivity contribution in [2.75, 3.05) is 26.9 Å². The number of hydrogen-bond acceptors (Lipinski definition) is 8. The number of carbonyl (C=O) groups is 1. The largest absolute Gasteiger partial charge is 0.494 e. The molecule has 2 aromatic carbocycles. The van der Waals surface area contributed by atoms with Crippen LogP contribution in [0.3, 0.4) is 0 Å². The predicted molar refractivity (Wildman–Crippen MR) is 142 cm³/mol. The predicted octanol–water partition coefficient (Wildman–Crippen LogP) is 3.60. The van der Waals surface area contributed by atoms with Gasteiger partial charge in [0.15, 0.2) is 16.3 Å². The molecule has 8 nitrogen and oxygen atoms in total. The lowest BCUT2D eigenvalue weighted by Crippen LogP contribution is -2.39. The van der Waals surface area contributed by atoms with E-state index in [-0.39, 0.29) is 11.1 Å². The summed E-state index contributed by atoms with van der Waals surface area (Å²) < 4.78 is 24.2. The number of nitrogens with zero attached hydrogens (tertiary/aromatic N) is 2. The molecule has 0 saturated carbocycles. The zero-order chi connectivity index (χ0) is 26.4. The lowest BCUT2D eigenvalue weighted by molar-refractivity contribution is -0.136. The molecule has 0 radical (unpaired) electrons. The van der Waals surface area contributed by atoms with Crippen LogP contribution in [0.5, 0.6) is 17.2 Å². The molecule has 1 aliphatic rings. The van der Waals surface area contributed by atoms with Crippen molar-refractivity contribution < 1.29 is 23.7 Å². The highest BCUT2D eigenvalue weighted by atomic mass is 32.1. The molecule has 0 bridgehead atoms. The van der Waals surface area contributed by atoms with Gasteiger partial charge in [-0.2, -0.15) is 0 Å². The Kier molecular flexibility index (Phi) is 8.45. The first-order chi connectivity index (χ1) is 18.0. The van der Waals surface area contributed by atoms with E-state index in [4.69, 9.17) is 18.9 Å². The molecule has 0 aliphatic carbocycles. The van der Waals surface area contributed by atoms with E-state index >= 15 is 0 Å². The van der Waals surface area contributed by atoms with Crippen molar-refractivity contribution in [2.45, 2.75) is 33.2 Å². The van der Waals surface area contributed by atoms with Gasteiger partial charge in [0.2, 0.25) is 0 Å². The minimum absolute atomic E-state index is 0.249. The van der Waals surface area contributed by atoms with Crippen molar-refractivity contribution in [3.05, 3.63) is 85.1 Å². The summed E-state index contributed by atoms with van der Waals surface area (Å²) in [7, 11) is 1.31. The van der Waals surface area contributed by atoms with Crippen LogP contribution in [0.15, 0.2) is 64.0 Å². The quantitative estimate of drug-likeness (QED) is 0.378. The number of aromatic nitrogens is 1. The zero-order valence-corrected chi connectivity index (χ0v) is 22.2. The highest BCUT2D eigenvalue weighted by molar-refractivity contribution is 7.07. The third-order valence-electron chi connectivity index (χ3n) is 5.66. The SMILES string of the molecule is CCCOc1ccc(/C=c2\sc3n(c2=O)[C@H](c2ccc(OCC)c(OCC)c2)C(C(=O)OC)=CN=3)cc1. The van der Waals surface area contributed by atoms with E-state index in [0.29, 0.717) is 46.2 Å². The first-order valence-corrected chi connectivity index (χ1v) is 13.0. The molecular weight excluding hydrogens is 492 g/mol. The minimum atomic E-state index is -0.731. The summed E-state index contributed by atoms with van der Waals surface area (Å²) in [5.41, 5.74) is 1.55. The van der Waals surface area contributed by atoms with Crippen LogP contribution in [-0.2, 0) is 9.53 Å². The number of methoxy groups -OCH3 is 1. The second-order valence-corrected chi connectivity index (χ2v) is 9.17. The Hall–Kier alpha value is -3.85. The summed E-state index contributed by atoms with van der Waals surface area (Å²) in [6, 6.07) is 12.3. The number of rotatable bonds is 10. The molecule has 4 rings (SSSR count). The van der Waals surface area contributed by atoms with E-state index in [1.54, 1.807) is 12.1 Å². The number of hydrogen-bond donors (Lipinski definition) is 0. The highest BCUT2D eigenvalue weighted by Crippen LogP contribution is 2.35. The average Bonchev–Trinajstić information content (AvgIpc) is 3.23. The van der Waals surface area contributed by atoms with E-state index in [1.807, 2.05) is 50.3 Å². The molecule has 194 valence electrons. The Morgan fingerprint density at radius 3 is 2.43 bits per heavy atom. The van der Waals surface area contributed by atoms with Gasteiger partial charge in [0, 0.05) is 6.20 Å². The van der Waals surface area contributed by atoms with Crippen molar-refractivity contribution in [2.24, 2.45) is 4.99 Å². The lowest BCUT2D eigenvalue weighted by atomic mass is 9.97. The summed E-state index contributed by atoms with van der Waals surface area (Å²) in [6.45, 7) is 7.40. The molecule has 1 aliphatic heterocycles. The normalized spacial score (nSPS) is 14.9. The van der Waals surface area contributed by atoms with E-state index in [9.17, 15) is 9.59 Å². The molecule has 3 aromatic rings. The smallest absolute Gasteiger partial charge is 0.337 e. The van der Waals surface area contributed by atoms with Gasteiger partial charge < -0.3 is 18.9 Å². The Balaban J connectivity index is 1.81. The van der Waals surface area contributed by atoms with Crippen LogP contribution in [0.25, 0.3) is 6.08 Å². The molecule has 1 atom stereocenters. The van der Waals surface area contributed by atoms with E-state index in [1.165, 1.54) is 29.2 Å². The molecule has 0 amide bonds. The molecule has 0 unspecified atom stereocenters. The minimum Gasteiger partial charge on any atom is -0.494 e. The van der Waals surface area contributed by atoms with Gasteiger partial charge >= 0.3 is 5.97 Å². The number of benzene rings is 2. The molecule has 0 saturated heterocycles. The van der Waals surface area contributed by atoms with Gasteiger partial charge in [-0.15, -0.1) is 0 Å². The van der Waals surface area contributed by atoms with Crippen LogP contribution in [0, 0.1) is 0 Å². The fraction of sp³-hybridized carbons (Fsp3) is 0.321. The maximum absolute atomic E-state index is 13.7. The summed E-state index contributed by atoms with van der Waals surface area (Å²) in [5, 5.41) is 0. The fourth-order valence-electron chi connectivity index (χ4n) is 4.02. The van der Waals surface area contributed by atoms with Crippen molar-refractivity contribution in [3.8, 4) is 17.2 Å². The van der Waals surface area contributed by atoms with Crippen LogP contribution < -0.4 is 29.1 Å².